The molecule has 0 bridgehead atoms. The third-order valence-electron chi connectivity index (χ3n) is 2.01. The largest absolute Gasteiger partial charge is 0.466 e. The zero-order chi connectivity index (χ0) is 12.5. The SMILES string of the molecule is CCOC(=O)CCCCC(=O)ON1CCOO1. The van der Waals surface area contributed by atoms with Gasteiger partial charge in [-0.1, -0.05) is 0 Å². The third-order valence-corrected chi connectivity index (χ3v) is 2.01. The second-order valence-corrected chi connectivity index (χ2v) is 3.43. The molecule has 17 heavy (non-hydrogen) atoms. The standard InChI is InChI=1S/C10H17NO6/c1-2-14-9(12)5-3-4-6-10(13)16-11-7-8-15-17-11/h2-8H2,1H3. The molecule has 1 rings (SSSR count). The molecule has 1 fully saturated rings. The van der Waals surface area contributed by atoms with E-state index in [1.165, 1.54) is 0 Å². The number of carbonyl (C=O) groups is 2. The van der Waals surface area contributed by atoms with Crippen molar-refractivity contribution in [2.24, 2.45) is 0 Å². The highest BCUT2D eigenvalue weighted by Crippen LogP contribution is 2.07. The highest BCUT2D eigenvalue weighted by molar-refractivity contribution is 5.70. The van der Waals surface area contributed by atoms with Crippen LogP contribution in [-0.4, -0.2) is 36.9 Å². The smallest absolute Gasteiger partial charge is 0.328 e. The third kappa shape index (κ3) is 6.20. The molecular weight excluding hydrogens is 230 g/mol. The van der Waals surface area contributed by atoms with Crippen LogP contribution < -0.4 is 0 Å². The lowest BCUT2D eigenvalue weighted by Gasteiger charge is -2.09. The van der Waals surface area contributed by atoms with Gasteiger partial charge in [-0.15, -0.1) is 4.99 Å². The van der Waals surface area contributed by atoms with Crippen molar-refractivity contribution in [1.29, 1.82) is 0 Å². The van der Waals surface area contributed by atoms with Gasteiger partial charge in [0.05, 0.1) is 13.2 Å². The minimum absolute atomic E-state index is 0.235. The average Bonchev–Trinajstić information content (AvgIpc) is 2.77. The molecule has 98 valence electrons. The first kappa shape index (κ1) is 13.9. The number of nitrogens with zero attached hydrogens (tertiary/aromatic N) is 1. The maximum Gasteiger partial charge on any atom is 0.328 e. The summed E-state index contributed by atoms with van der Waals surface area (Å²) in [6.07, 6.45) is 1.74. The number of hydrogen-bond donors (Lipinski definition) is 0. The van der Waals surface area contributed by atoms with Crippen LogP contribution in [-0.2, 0) is 29.0 Å². The lowest BCUT2D eigenvalue weighted by Crippen LogP contribution is -2.23. The van der Waals surface area contributed by atoms with Crippen LogP contribution in [0.25, 0.3) is 0 Å². The molecule has 0 amide bonds. The van der Waals surface area contributed by atoms with E-state index in [-0.39, 0.29) is 12.4 Å². The van der Waals surface area contributed by atoms with Crippen LogP contribution in [0.5, 0.6) is 0 Å². The van der Waals surface area contributed by atoms with Gasteiger partial charge in [-0.2, -0.15) is 0 Å². The lowest BCUT2D eigenvalue weighted by atomic mass is 10.2. The predicted molar refractivity (Wildman–Crippen MR) is 54.9 cm³/mol. The summed E-state index contributed by atoms with van der Waals surface area (Å²) in [5, 5.41) is 0.994. The monoisotopic (exact) mass is 247 g/mol. The van der Waals surface area contributed by atoms with Crippen LogP contribution in [0.4, 0.5) is 0 Å². The molecule has 0 aromatic rings. The van der Waals surface area contributed by atoms with Crippen LogP contribution in [0.3, 0.4) is 0 Å². The number of carbonyl (C=O) groups excluding carboxylic acids is 2. The van der Waals surface area contributed by atoms with Crippen molar-refractivity contribution in [3.05, 3.63) is 0 Å². The molecule has 1 aliphatic rings. The first-order valence-corrected chi connectivity index (χ1v) is 5.66. The first-order chi connectivity index (χ1) is 8.22. The minimum Gasteiger partial charge on any atom is -0.466 e. The van der Waals surface area contributed by atoms with Crippen LogP contribution in [0.1, 0.15) is 32.6 Å². The fourth-order valence-electron chi connectivity index (χ4n) is 1.24. The zero-order valence-corrected chi connectivity index (χ0v) is 9.85. The molecule has 1 heterocycles. The number of esters is 1. The molecule has 0 atom stereocenters. The van der Waals surface area contributed by atoms with E-state index in [1.54, 1.807) is 6.92 Å². The van der Waals surface area contributed by atoms with Crippen molar-refractivity contribution >= 4 is 11.9 Å². The number of ether oxygens (including phenoxy) is 1. The Hall–Kier alpha value is -1.18. The van der Waals surface area contributed by atoms with Gasteiger partial charge >= 0.3 is 11.9 Å². The molecule has 7 heteroatoms. The van der Waals surface area contributed by atoms with Gasteiger partial charge in [0.1, 0.15) is 6.61 Å². The molecule has 0 saturated carbocycles. The topological polar surface area (TPSA) is 74.3 Å². The van der Waals surface area contributed by atoms with Gasteiger partial charge in [0.15, 0.2) is 0 Å². The first-order valence-electron chi connectivity index (χ1n) is 5.66. The quantitative estimate of drug-likeness (QED) is 0.373. The van der Waals surface area contributed by atoms with Crippen LogP contribution in [0.2, 0.25) is 0 Å². The molecule has 0 aromatic carbocycles. The normalized spacial score (nSPS) is 15.8. The van der Waals surface area contributed by atoms with Crippen molar-refractivity contribution < 1.29 is 29.0 Å². The van der Waals surface area contributed by atoms with Gasteiger partial charge in [0, 0.05) is 18.1 Å². The fraction of sp³-hybridized carbons (Fsp3) is 0.800. The van der Waals surface area contributed by atoms with Crippen molar-refractivity contribution in [2.75, 3.05) is 19.8 Å². The van der Waals surface area contributed by atoms with E-state index in [1.807, 2.05) is 0 Å². The molecule has 1 saturated heterocycles. The number of hydrogen-bond acceptors (Lipinski definition) is 7. The Morgan fingerprint density at radius 3 is 2.53 bits per heavy atom. The van der Waals surface area contributed by atoms with E-state index in [0.717, 1.165) is 5.23 Å². The Labute approximate surface area is 99.4 Å². The molecule has 0 N–H and O–H groups in total. The Balaban J connectivity index is 1.98. The van der Waals surface area contributed by atoms with Crippen LogP contribution >= 0.6 is 0 Å². The molecule has 0 spiro atoms. The van der Waals surface area contributed by atoms with Gasteiger partial charge in [0.25, 0.3) is 0 Å². The van der Waals surface area contributed by atoms with E-state index in [9.17, 15) is 9.59 Å². The second-order valence-electron chi connectivity index (χ2n) is 3.43. The molecule has 7 nitrogen and oxygen atoms in total. The summed E-state index contributed by atoms with van der Waals surface area (Å²) < 4.78 is 4.76. The molecule has 0 aliphatic carbocycles. The van der Waals surface area contributed by atoms with Crippen molar-refractivity contribution in [3.63, 3.8) is 0 Å². The maximum atomic E-state index is 11.3. The molecule has 0 aromatic heterocycles. The van der Waals surface area contributed by atoms with Gasteiger partial charge in [-0.3, -0.25) is 9.59 Å². The van der Waals surface area contributed by atoms with E-state index in [0.29, 0.717) is 39.0 Å². The molecule has 0 unspecified atom stereocenters. The lowest BCUT2D eigenvalue weighted by molar-refractivity contribution is -0.457. The summed E-state index contributed by atoms with van der Waals surface area (Å²) in [5.74, 6) is -0.642. The average molecular weight is 247 g/mol. The van der Waals surface area contributed by atoms with Crippen LogP contribution in [0, 0.1) is 0 Å². The van der Waals surface area contributed by atoms with Gasteiger partial charge in [-0.05, 0) is 19.8 Å². The summed E-state index contributed by atoms with van der Waals surface area (Å²) in [7, 11) is 0. The van der Waals surface area contributed by atoms with Gasteiger partial charge < -0.3 is 9.57 Å². The fourth-order valence-corrected chi connectivity index (χ4v) is 1.24. The maximum absolute atomic E-state index is 11.3. The van der Waals surface area contributed by atoms with E-state index in [2.05, 4.69) is 9.88 Å². The Kier molecular flexibility index (Phi) is 6.53. The zero-order valence-electron chi connectivity index (χ0n) is 9.85. The Morgan fingerprint density at radius 2 is 1.94 bits per heavy atom. The van der Waals surface area contributed by atoms with Crippen molar-refractivity contribution in [3.8, 4) is 0 Å². The molecule has 1 aliphatic heterocycles. The minimum atomic E-state index is -0.403. The molecular formula is C10H17NO6. The van der Waals surface area contributed by atoms with E-state index in [4.69, 9.17) is 9.57 Å². The number of unbranched alkanes of at least 4 members (excludes halogenated alkanes) is 1. The highest BCUT2D eigenvalue weighted by atomic mass is 17.3. The van der Waals surface area contributed by atoms with Crippen LogP contribution in [0.15, 0.2) is 0 Å². The predicted octanol–water partition coefficient (Wildman–Crippen LogP) is 0.747. The second kappa shape index (κ2) is 7.99. The Morgan fingerprint density at radius 1 is 1.24 bits per heavy atom. The van der Waals surface area contributed by atoms with Crippen molar-refractivity contribution in [2.45, 2.75) is 32.6 Å². The highest BCUT2D eigenvalue weighted by Gasteiger charge is 2.18. The number of hydroxylamine groups is 2. The molecule has 0 radical (unpaired) electrons. The van der Waals surface area contributed by atoms with E-state index < -0.39 is 5.97 Å². The summed E-state index contributed by atoms with van der Waals surface area (Å²) in [6, 6.07) is 0. The number of rotatable bonds is 7. The summed E-state index contributed by atoms with van der Waals surface area (Å²) in [6.45, 7) is 2.91. The summed E-state index contributed by atoms with van der Waals surface area (Å²) in [4.78, 5) is 36.1. The van der Waals surface area contributed by atoms with Gasteiger partial charge in [-0.25, -0.2) is 4.89 Å². The van der Waals surface area contributed by atoms with Crippen molar-refractivity contribution in [1.82, 2.24) is 5.23 Å². The Bertz CT molecular complexity index is 251. The van der Waals surface area contributed by atoms with E-state index >= 15 is 0 Å². The summed E-state index contributed by atoms with van der Waals surface area (Å²) in [5.41, 5.74) is 0. The van der Waals surface area contributed by atoms with Gasteiger partial charge in [0.2, 0.25) is 0 Å². The summed E-state index contributed by atoms with van der Waals surface area (Å²) >= 11 is 0.